The topological polar surface area (TPSA) is 18.5 Å². The summed E-state index contributed by atoms with van der Waals surface area (Å²) < 4.78 is 11.1. The van der Waals surface area contributed by atoms with Crippen LogP contribution in [0, 0.1) is 0 Å². The zero-order valence-electron chi connectivity index (χ0n) is 7.38. The SMILES string of the molecule is C=CC(C)O[Si]1(Cl)CCCCO1. The lowest BCUT2D eigenvalue weighted by atomic mass is 10.4. The molecule has 0 bridgehead atoms. The lowest BCUT2D eigenvalue weighted by Crippen LogP contribution is -2.41. The molecule has 0 N–H and O–H groups in total. The molecule has 1 saturated heterocycles. The Bertz CT molecular complexity index is 157. The van der Waals surface area contributed by atoms with Crippen LogP contribution in [0.3, 0.4) is 0 Å². The minimum Gasteiger partial charge on any atom is -0.383 e. The van der Waals surface area contributed by atoms with Gasteiger partial charge in [0.2, 0.25) is 0 Å². The van der Waals surface area contributed by atoms with Crippen LogP contribution in [0.1, 0.15) is 19.8 Å². The fraction of sp³-hybridized carbons (Fsp3) is 0.750. The monoisotopic (exact) mass is 206 g/mol. The summed E-state index contributed by atoms with van der Waals surface area (Å²) >= 11 is 6.20. The zero-order chi connectivity index (χ0) is 9.03. The lowest BCUT2D eigenvalue weighted by Gasteiger charge is -2.29. The first-order chi connectivity index (χ1) is 5.66. The van der Waals surface area contributed by atoms with E-state index in [0.717, 1.165) is 25.5 Å². The van der Waals surface area contributed by atoms with Crippen molar-refractivity contribution in [1.29, 1.82) is 0 Å². The third kappa shape index (κ3) is 2.90. The number of rotatable bonds is 3. The van der Waals surface area contributed by atoms with E-state index in [1.165, 1.54) is 0 Å². The molecule has 0 amide bonds. The van der Waals surface area contributed by atoms with Crippen molar-refractivity contribution in [2.45, 2.75) is 31.9 Å². The molecule has 4 heteroatoms. The number of hydrogen-bond acceptors (Lipinski definition) is 2. The zero-order valence-corrected chi connectivity index (χ0v) is 9.14. The highest BCUT2D eigenvalue weighted by Crippen LogP contribution is 2.27. The van der Waals surface area contributed by atoms with Crippen LogP contribution < -0.4 is 0 Å². The van der Waals surface area contributed by atoms with Crippen LogP contribution >= 0.6 is 11.1 Å². The second kappa shape index (κ2) is 4.42. The van der Waals surface area contributed by atoms with E-state index in [2.05, 4.69) is 6.58 Å². The quantitative estimate of drug-likeness (QED) is 0.402. The maximum Gasteiger partial charge on any atom is 0.443 e. The second-order valence-corrected chi connectivity index (χ2v) is 7.10. The Labute approximate surface area is 79.5 Å². The van der Waals surface area contributed by atoms with E-state index in [9.17, 15) is 0 Å². The molecular weight excluding hydrogens is 192 g/mol. The molecule has 0 aliphatic carbocycles. The predicted molar refractivity (Wildman–Crippen MR) is 52.3 cm³/mol. The van der Waals surface area contributed by atoms with E-state index in [0.29, 0.717) is 0 Å². The Kier molecular flexibility index (Phi) is 3.77. The first kappa shape index (κ1) is 10.2. The molecular formula is C8H15ClO2Si. The van der Waals surface area contributed by atoms with Crippen LogP contribution in [0.4, 0.5) is 0 Å². The van der Waals surface area contributed by atoms with E-state index in [-0.39, 0.29) is 6.10 Å². The van der Waals surface area contributed by atoms with Crippen molar-refractivity contribution in [3.8, 4) is 0 Å². The molecule has 0 aromatic heterocycles. The molecule has 0 aromatic rings. The highest BCUT2D eigenvalue weighted by Gasteiger charge is 2.38. The molecule has 2 unspecified atom stereocenters. The van der Waals surface area contributed by atoms with Crippen molar-refractivity contribution in [1.82, 2.24) is 0 Å². The molecule has 2 nitrogen and oxygen atoms in total. The summed E-state index contributed by atoms with van der Waals surface area (Å²) in [7, 11) is -2.32. The van der Waals surface area contributed by atoms with Crippen LogP contribution in [-0.2, 0) is 8.85 Å². The molecule has 12 heavy (non-hydrogen) atoms. The van der Waals surface area contributed by atoms with Gasteiger partial charge < -0.3 is 8.85 Å². The molecule has 1 aliphatic rings. The van der Waals surface area contributed by atoms with E-state index in [1.807, 2.05) is 6.92 Å². The second-order valence-electron chi connectivity index (χ2n) is 3.02. The van der Waals surface area contributed by atoms with Gasteiger partial charge in [-0.2, -0.15) is 0 Å². The van der Waals surface area contributed by atoms with Crippen LogP contribution in [0.15, 0.2) is 12.7 Å². The third-order valence-corrected chi connectivity index (χ3v) is 5.35. The smallest absolute Gasteiger partial charge is 0.383 e. The first-order valence-electron chi connectivity index (χ1n) is 4.29. The highest BCUT2D eigenvalue weighted by atomic mass is 35.6. The summed E-state index contributed by atoms with van der Waals surface area (Å²) in [6, 6.07) is 0.896. The summed E-state index contributed by atoms with van der Waals surface area (Å²) in [4.78, 5) is 0. The molecule has 1 heterocycles. The average molecular weight is 207 g/mol. The van der Waals surface area contributed by atoms with Gasteiger partial charge in [-0.25, -0.2) is 0 Å². The van der Waals surface area contributed by atoms with E-state index in [1.54, 1.807) is 6.08 Å². The van der Waals surface area contributed by atoms with Gasteiger partial charge in [0, 0.05) is 12.7 Å². The van der Waals surface area contributed by atoms with Crippen LogP contribution in [0.25, 0.3) is 0 Å². The molecule has 0 saturated carbocycles. The Balaban J connectivity index is 2.40. The van der Waals surface area contributed by atoms with Gasteiger partial charge in [0.1, 0.15) is 0 Å². The van der Waals surface area contributed by atoms with Crippen molar-refractivity contribution < 1.29 is 8.85 Å². The Hall–Kier alpha value is 0.167. The van der Waals surface area contributed by atoms with Gasteiger partial charge in [0.15, 0.2) is 0 Å². The molecule has 1 rings (SSSR count). The fourth-order valence-corrected chi connectivity index (χ4v) is 4.31. The van der Waals surface area contributed by atoms with Gasteiger partial charge in [-0.05, 0) is 19.8 Å². The van der Waals surface area contributed by atoms with Gasteiger partial charge in [0.25, 0.3) is 0 Å². The summed E-state index contributed by atoms with van der Waals surface area (Å²) in [5.41, 5.74) is 0. The standard InChI is InChI=1S/C8H15ClO2Si/c1-3-8(2)11-12(9)7-5-4-6-10-12/h3,8H,1,4-7H2,2H3. The molecule has 2 atom stereocenters. The third-order valence-electron chi connectivity index (χ3n) is 1.88. The largest absolute Gasteiger partial charge is 0.443 e. The van der Waals surface area contributed by atoms with Crippen molar-refractivity contribution in [2.75, 3.05) is 6.61 Å². The van der Waals surface area contributed by atoms with Gasteiger partial charge in [-0.3, -0.25) is 0 Å². The maximum absolute atomic E-state index is 6.20. The first-order valence-corrected chi connectivity index (χ1v) is 7.33. The van der Waals surface area contributed by atoms with Crippen LogP contribution in [0.2, 0.25) is 6.04 Å². The van der Waals surface area contributed by atoms with Crippen molar-refractivity contribution >= 4 is 18.9 Å². The van der Waals surface area contributed by atoms with E-state index < -0.39 is 7.87 Å². The Morgan fingerprint density at radius 1 is 1.67 bits per heavy atom. The lowest BCUT2D eigenvalue weighted by molar-refractivity contribution is 0.147. The van der Waals surface area contributed by atoms with Crippen molar-refractivity contribution in [3.63, 3.8) is 0 Å². The molecule has 0 aromatic carbocycles. The van der Waals surface area contributed by atoms with Crippen LogP contribution in [0.5, 0.6) is 0 Å². The van der Waals surface area contributed by atoms with Gasteiger partial charge in [-0.15, -0.1) is 6.58 Å². The number of hydrogen-bond donors (Lipinski definition) is 0. The van der Waals surface area contributed by atoms with Crippen molar-refractivity contribution in [3.05, 3.63) is 12.7 Å². The summed E-state index contributed by atoms with van der Waals surface area (Å²) in [6.07, 6.45) is 3.98. The molecule has 1 fully saturated rings. The fourth-order valence-electron chi connectivity index (χ4n) is 1.15. The molecule has 1 aliphatic heterocycles. The number of halogens is 1. The normalized spacial score (nSPS) is 32.8. The van der Waals surface area contributed by atoms with E-state index in [4.69, 9.17) is 19.9 Å². The average Bonchev–Trinajstić information content (AvgIpc) is 2.05. The van der Waals surface area contributed by atoms with Crippen LogP contribution in [-0.4, -0.2) is 20.6 Å². The Morgan fingerprint density at radius 3 is 2.92 bits per heavy atom. The maximum atomic E-state index is 6.20. The van der Waals surface area contributed by atoms with Gasteiger partial charge in [0.05, 0.1) is 6.10 Å². The summed E-state index contributed by atoms with van der Waals surface area (Å²) in [5, 5.41) is 0. The van der Waals surface area contributed by atoms with Crippen molar-refractivity contribution in [2.24, 2.45) is 0 Å². The summed E-state index contributed by atoms with van der Waals surface area (Å²) in [5.74, 6) is 0. The van der Waals surface area contributed by atoms with Gasteiger partial charge >= 0.3 is 7.87 Å². The minimum absolute atomic E-state index is 0.00673. The minimum atomic E-state index is -2.32. The van der Waals surface area contributed by atoms with Gasteiger partial charge in [-0.1, -0.05) is 17.2 Å². The summed E-state index contributed by atoms with van der Waals surface area (Å²) in [6.45, 7) is 6.32. The molecule has 70 valence electrons. The molecule has 0 spiro atoms. The predicted octanol–water partition coefficient (Wildman–Crippen LogP) is 2.57. The Morgan fingerprint density at radius 2 is 2.42 bits per heavy atom. The van der Waals surface area contributed by atoms with E-state index >= 15 is 0 Å². The molecule has 0 radical (unpaired) electrons. The highest BCUT2D eigenvalue weighted by molar-refractivity contribution is 7.13.